The van der Waals surface area contributed by atoms with Gasteiger partial charge in [-0.1, -0.05) is 30.3 Å². The van der Waals surface area contributed by atoms with Crippen molar-refractivity contribution in [3.05, 3.63) is 54.1 Å². The van der Waals surface area contributed by atoms with Crippen LogP contribution in [0.15, 0.2) is 48.5 Å². The molecule has 0 bridgehead atoms. The largest absolute Gasteiger partial charge is 0.504 e. The van der Waals surface area contributed by atoms with Gasteiger partial charge in [-0.25, -0.2) is 0 Å². The third-order valence-electron chi connectivity index (χ3n) is 2.99. The van der Waals surface area contributed by atoms with Crippen LogP contribution < -0.4 is 10.1 Å². The molecule has 0 aliphatic rings. The second kappa shape index (κ2) is 6.69. The lowest BCUT2D eigenvalue weighted by Crippen LogP contribution is -2.02. The van der Waals surface area contributed by atoms with E-state index in [1.54, 1.807) is 19.2 Å². The topological polar surface area (TPSA) is 41.5 Å². The van der Waals surface area contributed by atoms with Gasteiger partial charge in [0, 0.05) is 18.3 Å². The van der Waals surface area contributed by atoms with E-state index in [-0.39, 0.29) is 5.75 Å². The molecule has 0 radical (unpaired) electrons. The fourth-order valence-corrected chi connectivity index (χ4v) is 1.97. The fourth-order valence-electron chi connectivity index (χ4n) is 1.97. The summed E-state index contributed by atoms with van der Waals surface area (Å²) >= 11 is 0. The molecule has 0 aromatic heterocycles. The third-order valence-corrected chi connectivity index (χ3v) is 2.99. The van der Waals surface area contributed by atoms with Crippen LogP contribution in [0.5, 0.6) is 11.5 Å². The van der Waals surface area contributed by atoms with Crippen LogP contribution >= 0.6 is 0 Å². The molecule has 0 saturated carbocycles. The Morgan fingerprint density at radius 2 is 1.89 bits per heavy atom. The van der Waals surface area contributed by atoms with E-state index in [4.69, 9.17) is 4.74 Å². The maximum atomic E-state index is 9.66. The molecule has 0 aliphatic heterocycles. The molecule has 2 aromatic rings. The summed E-state index contributed by atoms with van der Waals surface area (Å²) in [4.78, 5) is 0. The summed E-state index contributed by atoms with van der Waals surface area (Å²) in [5.74, 6) is 0.658. The number of nitrogens with one attached hydrogen (secondary N) is 1. The average Bonchev–Trinajstić information content (AvgIpc) is 2.45. The molecule has 3 nitrogen and oxygen atoms in total. The van der Waals surface area contributed by atoms with Crippen molar-refractivity contribution >= 4 is 5.69 Å². The van der Waals surface area contributed by atoms with Gasteiger partial charge >= 0.3 is 0 Å². The van der Waals surface area contributed by atoms with Gasteiger partial charge < -0.3 is 15.2 Å². The zero-order valence-corrected chi connectivity index (χ0v) is 11.1. The maximum absolute atomic E-state index is 9.66. The zero-order valence-electron chi connectivity index (χ0n) is 11.1. The van der Waals surface area contributed by atoms with Gasteiger partial charge in [0.2, 0.25) is 0 Å². The minimum Gasteiger partial charge on any atom is -0.504 e. The predicted octanol–water partition coefficient (Wildman–Crippen LogP) is 3.45. The molecule has 0 amide bonds. The molecule has 0 spiro atoms. The lowest BCUT2D eigenvalue weighted by Gasteiger charge is -2.09. The highest BCUT2D eigenvalue weighted by atomic mass is 16.5. The highest BCUT2D eigenvalue weighted by Crippen LogP contribution is 2.28. The first kappa shape index (κ1) is 13.3. The zero-order chi connectivity index (χ0) is 13.5. The SMILES string of the molecule is COc1ccc(NCCCc2ccccc2)cc1O. The van der Waals surface area contributed by atoms with Crippen LogP contribution in [-0.4, -0.2) is 18.8 Å². The third kappa shape index (κ3) is 3.91. The number of methoxy groups -OCH3 is 1. The van der Waals surface area contributed by atoms with Crippen LogP contribution in [0.1, 0.15) is 12.0 Å². The normalized spacial score (nSPS) is 10.2. The summed E-state index contributed by atoms with van der Waals surface area (Å²) in [6.07, 6.45) is 2.10. The van der Waals surface area contributed by atoms with E-state index in [0.29, 0.717) is 5.75 Å². The minimum atomic E-state index is 0.163. The van der Waals surface area contributed by atoms with E-state index in [0.717, 1.165) is 25.1 Å². The smallest absolute Gasteiger partial charge is 0.160 e. The first-order valence-electron chi connectivity index (χ1n) is 6.44. The molecular formula is C16H19NO2. The van der Waals surface area contributed by atoms with Gasteiger partial charge in [0.05, 0.1) is 7.11 Å². The van der Waals surface area contributed by atoms with E-state index in [1.165, 1.54) is 5.56 Å². The van der Waals surface area contributed by atoms with Crippen molar-refractivity contribution in [2.75, 3.05) is 19.0 Å². The monoisotopic (exact) mass is 257 g/mol. The molecule has 0 heterocycles. The average molecular weight is 257 g/mol. The molecule has 2 rings (SSSR count). The molecule has 19 heavy (non-hydrogen) atoms. The molecule has 2 aromatic carbocycles. The Labute approximate surface area is 113 Å². The number of aromatic hydroxyl groups is 1. The van der Waals surface area contributed by atoms with Crippen molar-refractivity contribution in [2.45, 2.75) is 12.8 Å². The number of hydrogen-bond donors (Lipinski definition) is 2. The Balaban J connectivity index is 1.78. The fraction of sp³-hybridized carbons (Fsp3) is 0.250. The van der Waals surface area contributed by atoms with E-state index in [1.807, 2.05) is 12.1 Å². The van der Waals surface area contributed by atoms with Crippen LogP contribution in [0.25, 0.3) is 0 Å². The van der Waals surface area contributed by atoms with Crippen LogP contribution in [0.4, 0.5) is 5.69 Å². The maximum Gasteiger partial charge on any atom is 0.160 e. The van der Waals surface area contributed by atoms with Crippen LogP contribution in [0.2, 0.25) is 0 Å². The van der Waals surface area contributed by atoms with Crippen molar-refractivity contribution in [3.8, 4) is 11.5 Å². The van der Waals surface area contributed by atoms with Gasteiger partial charge in [-0.3, -0.25) is 0 Å². The molecule has 0 fully saturated rings. The lowest BCUT2D eigenvalue weighted by molar-refractivity contribution is 0.373. The molecule has 0 unspecified atom stereocenters. The Hall–Kier alpha value is -2.16. The molecule has 0 atom stereocenters. The molecule has 2 N–H and O–H groups in total. The number of benzene rings is 2. The second-order valence-corrected chi connectivity index (χ2v) is 4.40. The highest BCUT2D eigenvalue weighted by molar-refractivity contribution is 5.54. The second-order valence-electron chi connectivity index (χ2n) is 4.40. The Morgan fingerprint density at radius 3 is 2.58 bits per heavy atom. The number of phenolic OH excluding ortho intramolecular Hbond substituents is 1. The van der Waals surface area contributed by atoms with E-state index in [2.05, 4.69) is 29.6 Å². The molecular weight excluding hydrogens is 238 g/mol. The van der Waals surface area contributed by atoms with Gasteiger partial charge in [-0.2, -0.15) is 0 Å². The summed E-state index contributed by atoms with van der Waals surface area (Å²) in [6.45, 7) is 0.876. The van der Waals surface area contributed by atoms with Crippen LogP contribution in [-0.2, 0) is 6.42 Å². The summed E-state index contributed by atoms with van der Waals surface area (Å²) in [7, 11) is 1.54. The van der Waals surface area contributed by atoms with Crippen molar-refractivity contribution in [2.24, 2.45) is 0 Å². The lowest BCUT2D eigenvalue weighted by atomic mass is 10.1. The van der Waals surface area contributed by atoms with Gasteiger partial charge in [0.15, 0.2) is 11.5 Å². The summed E-state index contributed by atoms with van der Waals surface area (Å²) in [5.41, 5.74) is 2.26. The van der Waals surface area contributed by atoms with Crippen LogP contribution in [0.3, 0.4) is 0 Å². The van der Waals surface area contributed by atoms with Crippen molar-refractivity contribution in [1.82, 2.24) is 0 Å². The quantitative estimate of drug-likeness (QED) is 0.779. The number of aryl methyl sites for hydroxylation is 1. The summed E-state index contributed by atoms with van der Waals surface area (Å²) in [6, 6.07) is 15.8. The first-order valence-corrected chi connectivity index (χ1v) is 6.44. The summed E-state index contributed by atoms with van der Waals surface area (Å²) in [5, 5.41) is 13.0. The number of anilines is 1. The van der Waals surface area contributed by atoms with Crippen molar-refractivity contribution < 1.29 is 9.84 Å². The number of hydrogen-bond acceptors (Lipinski definition) is 3. The van der Waals surface area contributed by atoms with Gasteiger partial charge in [0.1, 0.15) is 0 Å². The molecule has 3 heteroatoms. The molecule has 100 valence electrons. The number of ether oxygens (including phenoxy) is 1. The van der Waals surface area contributed by atoms with Gasteiger partial charge in [-0.15, -0.1) is 0 Å². The van der Waals surface area contributed by atoms with Crippen LogP contribution in [0, 0.1) is 0 Å². The molecule has 0 saturated heterocycles. The minimum absolute atomic E-state index is 0.163. The Kier molecular flexibility index (Phi) is 4.67. The molecule has 0 aliphatic carbocycles. The predicted molar refractivity (Wildman–Crippen MR) is 77.9 cm³/mol. The number of rotatable bonds is 6. The Morgan fingerprint density at radius 1 is 1.11 bits per heavy atom. The van der Waals surface area contributed by atoms with Crippen molar-refractivity contribution in [3.63, 3.8) is 0 Å². The van der Waals surface area contributed by atoms with Crippen molar-refractivity contribution in [1.29, 1.82) is 0 Å². The Bertz CT molecular complexity index is 511. The van der Waals surface area contributed by atoms with E-state index >= 15 is 0 Å². The standard InChI is InChI=1S/C16H19NO2/c1-19-16-10-9-14(12-15(16)18)17-11-5-8-13-6-3-2-4-7-13/h2-4,6-7,9-10,12,17-18H,5,8,11H2,1H3. The van der Waals surface area contributed by atoms with Gasteiger partial charge in [0.25, 0.3) is 0 Å². The summed E-state index contributed by atoms with van der Waals surface area (Å²) < 4.78 is 5.01. The highest BCUT2D eigenvalue weighted by Gasteiger charge is 2.01. The first-order chi connectivity index (χ1) is 9.29. The number of phenols is 1. The van der Waals surface area contributed by atoms with Gasteiger partial charge in [-0.05, 0) is 30.5 Å². The van der Waals surface area contributed by atoms with E-state index < -0.39 is 0 Å². The van der Waals surface area contributed by atoms with E-state index in [9.17, 15) is 5.11 Å².